The van der Waals surface area contributed by atoms with Gasteiger partial charge in [-0.2, -0.15) is 5.10 Å². The summed E-state index contributed by atoms with van der Waals surface area (Å²) in [6.45, 7) is 4.39. The van der Waals surface area contributed by atoms with E-state index in [4.69, 9.17) is 0 Å². The number of rotatable bonds is 4. The molecule has 1 atom stereocenters. The van der Waals surface area contributed by atoms with Crippen molar-refractivity contribution < 1.29 is 0 Å². The molecule has 21 heavy (non-hydrogen) atoms. The van der Waals surface area contributed by atoms with Crippen LogP contribution in [0.25, 0.3) is 0 Å². The molecule has 1 aliphatic rings. The zero-order valence-corrected chi connectivity index (χ0v) is 12.8. The van der Waals surface area contributed by atoms with Gasteiger partial charge in [0, 0.05) is 26.3 Å². The summed E-state index contributed by atoms with van der Waals surface area (Å²) < 4.78 is 1.90. The van der Waals surface area contributed by atoms with Gasteiger partial charge in [-0.25, -0.2) is 4.98 Å². The Morgan fingerprint density at radius 1 is 1.14 bits per heavy atom. The van der Waals surface area contributed by atoms with E-state index >= 15 is 0 Å². The summed E-state index contributed by atoms with van der Waals surface area (Å²) in [5.41, 5.74) is 2.21. The van der Waals surface area contributed by atoms with Crippen LogP contribution in [0.3, 0.4) is 0 Å². The van der Waals surface area contributed by atoms with Gasteiger partial charge in [0.1, 0.15) is 5.82 Å². The van der Waals surface area contributed by atoms with E-state index in [1.165, 1.54) is 19.3 Å². The van der Waals surface area contributed by atoms with Gasteiger partial charge < -0.3 is 10.2 Å². The third-order valence-electron chi connectivity index (χ3n) is 4.11. The van der Waals surface area contributed by atoms with Crippen LogP contribution in [-0.2, 0) is 7.05 Å². The molecule has 0 aliphatic carbocycles. The van der Waals surface area contributed by atoms with Gasteiger partial charge in [0.2, 0.25) is 0 Å². The Hall–Kier alpha value is -2.04. The maximum atomic E-state index is 4.60. The first-order valence-corrected chi connectivity index (χ1v) is 7.69. The number of aromatic nitrogens is 3. The lowest BCUT2D eigenvalue weighted by molar-refractivity contribution is 0.573. The minimum Gasteiger partial charge on any atom is -0.376 e. The molecule has 0 amide bonds. The average Bonchev–Trinajstić information content (AvgIpc) is 2.95. The molecule has 5 nitrogen and oxygen atoms in total. The Bertz CT molecular complexity index is 569. The normalized spacial score (nSPS) is 16.8. The molecule has 5 heteroatoms. The molecule has 1 aliphatic heterocycles. The standard InChI is InChI=1S/C16H23N5/c1-13(15-8-9-18-20(15)2)19-14-6-7-16(17-12-14)21-10-4-3-5-11-21/h6-9,12-13,19H,3-5,10-11H2,1-2H3. The summed E-state index contributed by atoms with van der Waals surface area (Å²) in [4.78, 5) is 6.97. The molecule has 0 spiro atoms. The van der Waals surface area contributed by atoms with Crippen molar-refractivity contribution in [3.05, 3.63) is 36.3 Å². The Labute approximate surface area is 126 Å². The van der Waals surface area contributed by atoms with Crippen molar-refractivity contribution in [1.29, 1.82) is 0 Å². The minimum atomic E-state index is 0.208. The van der Waals surface area contributed by atoms with E-state index in [2.05, 4.69) is 39.4 Å². The summed E-state index contributed by atoms with van der Waals surface area (Å²) in [5, 5.41) is 7.68. The molecule has 1 fully saturated rings. The molecule has 3 rings (SSSR count). The summed E-state index contributed by atoms with van der Waals surface area (Å²) in [6, 6.07) is 6.47. The average molecular weight is 285 g/mol. The molecule has 0 radical (unpaired) electrons. The number of pyridine rings is 1. The maximum Gasteiger partial charge on any atom is 0.128 e. The van der Waals surface area contributed by atoms with Crippen LogP contribution in [0.15, 0.2) is 30.6 Å². The van der Waals surface area contributed by atoms with E-state index in [-0.39, 0.29) is 6.04 Å². The zero-order chi connectivity index (χ0) is 14.7. The zero-order valence-electron chi connectivity index (χ0n) is 12.8. The fourth-order valence-electron chi connectivity index (χ4n) is 2.91. The van der Waals surface area contributed by atoms with Crippen LogP contribution >= 0.6 is 0 Å². The highest BCUT2D eigenvalue weighted by molar-refractivity contribution is 5.49. The fourth-order valence-corrected chi connectivity index (χ4v) is 2.91. The van der Waals surface area contributed by atoms with Crippen molar-refractivity contribution in [2.45, 2.75) is 32.2 Å². The highest BCUT2D eigenvalue weighted by atomic mass is 15.3. The molecule has 1 unspecified atom stereocenters. The largest absolute Gasteiger partial charge is 0.376 e. The summed E-state index contributed by atoms with van der Waals surface area (Å²) >= 11 is 0. The third kappa shape index (κ3) is 3.17. The van der Waals surface area contributed by atoms with Gasteiger partial charge in [0.15, 0.2) is 0 Å². The molecule has 0 bridgehead atoms. The topological polar surface area (TPSA) is 46.0 Å². The van der Waals surface area contributed by atoms with Crippen molar-refractivity contribution in [2.24, 2.45) is 7.05 Å². The first-order chi connectivity index (χ1) is 10.2. The highest BCUT2D eigenvalue weighted by Crippen LogP contribution is 2.21. The van der Waals surface area contributed by atoms with Gasteiger partial charge in [0.25, 0.3) is 0 Å². The van der Waals surface area contributed by atoms with E-state index < -0.39 is 0 Å². The summed E-state index contributed by atoms with van der Waals surface area (Å²) in [7, 11) is 1.96. The molecule has 1 N–H and O–H groups in total. The minimum absolute atomic E-state index is 0.208. The van der Waals surface area contributed by atoms with Gasteiger partial charge in [-0.05, 0) is 44.4 Å². The third-order valence-corrected chi connectivity index (χ3v) is 4.11. The van der Waals surface area contributed by atoms with Gasteiger partial charge in [-0.3, -0.25) is 4.68 Å². The second-order valence-corrected chi connectivity index (χ2v) is 5.70. The van der Waals surface area contributed by atoms with Crippen molar-refractivity contribution in [3.63, 3.8) is 0 Å². The van der Waals surface area contributed by atoms with Crippen LogP contribution in [0.1, 0.15) is 37.9 Å². The monoisotopic (exact) mass is 285 g/mol. The molecule has 2 aromatic rings. The maximum absolute atomic E-state index is 4.60. The van der Waals surface area contributed by atoms with Gasteiger partial charge in [0.05, 0.1) is 23.6 Å². The Kier molecular flexibility index (Phi) is 4.08. The Morgan fingerprint density at radius 3 is 2.57 bits per heavy atom. The quantitative estimate of drug-likeness (QED) is 0.938. The Balaban J connectivity index is 1.65. The first kappa shape index (κ1) is 13.9. The fraction of sp³-hybridized carbons (Fsp3) is 0.500. The van der Waals surface area contributed by atoms with Crippen molar-refractivity contribution >= 4 is 11.5 Å². The van der Waals surface area contributed by atoms with Crippen LogP contribution in [-0.4, -0.2) is 27.9 Å². The van der Waals surface area contributed by atoms with Crippen LogP contribution in [0, 0.1) is 0 Å². The number of hydrogen-bond donors (Lipinski definition) is 1. The highest BCUT2D eigenvalue weighted by Gasteiger charge is 2.13. The molecule has 112 valence electrons. The molecule has 1 saturated heterocycles. The molecule has 0 aromatic carbocycles. The van der Waals surface area contributed by atoms with Crippen LogP contribution in [0.2, 0.25) is 0 Å². The number of anilines is 2. The SMILES string of the molecule is CC(Nc1ccc(N2CCCCC2)nc1)c1ccnn1C. The van der Waals surface area contributed by atoms with E-state index in [0.717, 1.165) is 30.3 Å². The number of nitrogens with zero attached hydrogens (tertiary/aromatic N) is 4. The smallest absolute Gasteiger partial charge is 0.128 e. The second kappa shape index (κ2) is 6.16. The number of aryl methyl sites for hydroxylation is 1. The second-order valence-electron chi connectivity index (χ2n) is 5.70. The van der Waals surface area contributed by atoms with E-state index in [1.54, 1.807) is 0 Å². The van der Waals surface area contributed by atoms with Crippen LogP contribution in [0.5, 0.6) is 0 Å². The Morgan fingerprint density at radius 2 is 1.95 bits per heavy atom. The van der Waals surface area contributed by atoms with Gasteiger partial charge in [-0.15, -0.1) is 0 Å². The number of hydrogen-bond acceptors (Lipinski definition) is 4. The summed E-state index contributed by atoms with van der Waals surface area (Å²) in [6.07, 6.45) is 7.65. The van der Waals surface area contributed by atoms with Crippen LogP contribution in [0.4, 0.5) is 11.5 Å². The molecule has 0 saturated carbocycles. The van der Waals surface area contributed by atoms with Gasteiger partial charge >= 0.3 is 0 Å². The lowest BCUT2D eigenvalue weighted by atomic mass is 10.1. The number of nitrogens with one attached hydrogen (secondary N) is 1. The molecule has 2 aromatic heterocycles. The van der Waals surface area contributed by atoms with Crippen molar-refractivity contribution in [2.75, 3.05) is 23.3 Å². The van der Waals surface area contributed by atoms with Crippen LogP contribution < -0.4 is 10.2 Å². The lowest BCUT2D eigenvalue weighted by Gasteiger charge is -2.27. The molecular weight excluding hydrogens is 262 g/mol. The van der Waals surface area contributed by atoms with Gasteiger partial charge in [-0.1, -0.05) is 0 Å². The van der Waals surface area contributed by atoms with E-state index in [0.29, 0.717) is 0 Å². The van der Waals surface area contributed by atoms with E-state index in [9.17, 15) is 0 Å². The summed E-state index contributed by atoms with van der Waals surface area (Å²) in [5.74, 6) is 1.09. The van der Waals surface area contributed by atoms with Crippen molar-refractivity contribution in [3.8, 4) is 0 Å². The number of piperidine rings is 1. The molecule has 3 heterocycles. The molecular formula is C16H23N5. The van der Waals surface area contributed by atoms with E-state index in [1.807, 2.05) is 30.2 Å². The van der Waals surface area contributed by atoms with Crippen molar-refractivity contribution in [1.82, 2.24) is 14.8 Å². The lowest BCUT2D eigenvalue weighted by Crippen LogP contribution is -2.30. The predicted octanol–water partition coefficient (Wildman–Crippen LogP) is 2.98. The predicted molar refractivity (Wildman–Crippen MR) is 85.5 cm³/mol. The first-order valence-electron chi connectivity index (χ1n) is 7.69.